The van der Waals surface area contributed by atoms with E-state index in [2.05, 4.69) is 20.4 Å². The molecule has 6 heteroatoms. The van der Waals surface area contributed by atoms with Gasteiger partial charge in [-0.25, -0.2) is 4.79 Å². The van der Waals surface area contributed by atoms with Crippen molar-refractivity contribution in [2.75, 3.05) is 0 Å². The third kappa shape index (κ3) is 1.69. The highest BCUT2D eigenvalue weighted by Crippen LogP contribution is 2.16. The van der Waals surface area contributed by atoms with E-state index in [9.17, 15) is 4.79 Å². The van der Waals surface area contributed by atoms with Crippen LogP contribution in [0.25, 0.3) is 11.3 Å². The lowest BCUT2D eigenvalue weighted by atomic mass is 10.1. The number of hydrogen-bond acceptors (Lipinski definition) is 4. The molecule has 0 spiro atoms. The average molecular weight is 204 g/mol. The van der Waals surface area contributed by atoms with Gasteiger partial charge in [0.15, 0.2) is 0 Å². The lowest BCUT2D eigenvalue weighted by Gasteiger charge is -2.00. The topological polar surface area (TPSA) is 91.8 Å². The lowest BCUT2D eigenvalue weighted by molar-refractivity contribution is 0.0695. The van der Waals surface area contributed by atoms with Crippen molar-refractivity contribution in [1.82, 2.24) is 20.4 Å². The monoisotopic (exact) mass is 204 g/mol. The fourth-order valence-electron chi connectivity index (χ4n) is 1.20. The maximum absolute atomic E-state index is 10.9. The normalized spacial score (nSPS) is 10.2. The molecule has 0 unspecified atom stereocenters. The zero-order valence-corrected chi connectivity index (χ0v) is 7.93. The fraction of sp³-hybridized carbons (Fsp3) is 0.111. The van der Waals surface area contributed by atoms with Crippen LogP contribution < -0.4 is 0 Å². The number of rotatable bonds is 2. The Bertz CT molecular complexity index is 493. The third-order valence-electron chi connectivity index (χ3n) is 2.00. The molecule has 0 atom stereocenters. The number of nitrogens with one attached hydrogen (secondary N) is 1. The molecular weight excluding hydrogens is 196 g/mol. The van der Waals surface area contributed by atoms with Gasteiger partial charge in [0.2, 0.25) is 0 Å². The van der Waals surface area contributed by atoms with Gasteiger partial charge in [0, 0.05) is 11.8 Å². The van der Waals surface area contributed by atoms with E-state index in [1.54, 1.807) is 19.3 Å². The summed E-state index contributed by atoms with van der Waals surface area (Å²) in [5.74, 6) is -1.01. The highest BCUT2D eigenvalue weighted by atomic mass is 16.4. The number of carbonyl (C=O) groups is 1. The molecule has 2 rings (SSSR count). The first kappa shape index (κ1) is 9.32. The Labute approximate surface area is 85.0 Å². The highest BCUT2D eigenvalue weighted by molar-refractivity contribution is 5.89. The van der Waals surface area contributed by atoms with Gasteiger partial charge in [0.25, 0.3) is 0 Å². The molecule has 76 valence electrons. The van der Waals surface area contributed by atoms with Gasteiger partial charge in [-0.2, -0.15) is 15.3 Å². The number of aromatic nitrogens is 4. The molecular formula is C9H8N4O2. The number of H-pyrrole nitrogens is 1. The highest BCUT2D eigenvalue weighted by Gasteiger charge is 2.11. The van der Waals surface area contributed by atoms with Gasteiger partial charge in [-0.3, -0.25) is 5.10 Å². The van der Waals surface area contributed by atoms with Gasteiger partial charge in [-0.1, -0.05) is 0 Å². The Morgan fingerprint density at radius 3 is 2.87 bits per heavy atom. The van der Waals surface area contributed by atoms with Gasteiger partial charge < -0.3 is 5.11 Å². The lowest BCUT2D eigenvalue weighted by Crippen LogP contribution is -2.04. The van der Waals surface area contributed by atoms with E-state index in [0.29, 0.717) is 17.0 Å². The van der Waals surface area contributed by atoms with Gasteiger partial charge in [-0.15, -0.1) is 0 Å². The first-order valence-electron chi connectivity index (χ1n) is 4.25. The number of carboxylic acid groups (broad SMARTS) is 1. The minimum atomic E-state index is -1.01. The van der Waals surface area contributed by atoms with E-state index in [4.69, 9.17) is 5.11 Å². The Kier molecular flexibility index (Phi) is 2.17. The predicted molar refractivity (Wildman–Crippen MR) is 51.3 cm³/mol. The summed E-state index contributed by atoms with van der Waals surface area (Å²) in [6.45, 7) is 1.61. The van der Waals surface area contributed by atoms with Crippen LogP contribution in [0, 0.1) is 6.92 Å². The molecule has 2 aromatic heterocycles. The van der Waals surface area contributed by atoms with Crippen LogP contribution in [0.2, 0.25) is 0 Å². The predicted octanol–water partition coefficient (Wildman–Crippen LogP) is 0.873. The van der Waals surface area contributed by atoms with E-state index in [-0.39, 0.29) is 5.56 Å². The van der Waals surface area contributed by atoms with Crippen LogP contribution in [0.15, 0.2) is 18.5 Å². The zero-order valence-electron chi connectivity index (χ0n) is 7.93. The summed E-state index contributed by atoms with van der Waals surface area (Å²) in [4.78, 5) is 10.9. The standard InChI is InChI=1S/C9H8N4O2/c1-5-7(9(14)15)2-8(13-12-5)6-3-10-11-4-6/h2-4H,1H3,(H,10,11)(H,14,15). The number of carboxylic acids is 1. The summed E-state index contributed by atoms with van der Waals surface area (Å²) in [6.07, 6.45) is 3.19. The van der Waals surface area contributed by atoms with Crippen molar-refractivity contribution < 1.29 is 9.90 Å². The first-order chi connectivity index (χ1) is 7.18. The number of hydrogen-bond donors (Lipinski definition) is 2. The molecule has 0 bridgehead atoms. The number of aromatic amines is 1. The quantitative estimate of drug-likeness (QED) is 0.757. The van der Waals surface area contributed by atoms with E-state index < -0.39 is 5.97 Å². The molecule has 0 aliphatic heterocycles. The number of aryl methyl sites for hydroxylation is 1. The minimum absolute atomic E-state index is 0.154. The largest absolute Gasteiger partial charge is 0.478 e. The third-order valence-corrected chi connectivity index (χ3v) is 2.00. The fourth-order valence-corrected chi connectivity index (χ4v) is 1.20. The molecule has 0 fully saturated rings. The Morgan fingerprint density at radius 1 is 1.47 bits per heavy atom. The average Bonchev–Trinajstić information content (AvgIpc) is 2.71. The van der Waals surface area contributed by atoms with Crippen LogP contribution in [0.5, 0.6) is 0 Å². The second-order valence-electron chi connectivity index (χ2n) is 3.02. The van der Waals surface area contributed by atoms with Crippen molar-refractivity contribution in [2.24, 2.45) is 0 Å². The van der Waals surface area contributed by atoms with Crippen molar-refractivity contribution in [1.29, 1.82) is 0 Å². The van der Waals surface area contributed by atoms with Crippen molar-refractivity contribution in [3.63, 3.8) is 0 Å². The summed E-state index contributed by atoms with van der Waals surface area (Å²) >= 11 is 0. The number of aromatic carboxylic acids is 1. The SMILES string of the molecule is Cc1nnc(-c2cn[nH]c2)cc1C(=O)O. The smallest absolute Gasteiger partial charge is 0.337 e. The van der Waals surface area contributed by atoms with Gasteiger partial charge in [0.1, 0.15) is 0 Å². The molecule has 0 amide bonds. The van der Waals surface area contributed by atoms with E-state index in [1.165, 1.54) is 6.07 Å². The molecule has 6 nitrogen and oxygen atoms in total. The van der Waals surface area contributed by atoms with Crippen LogP contribution in [0.4, 0.5) is 0 Å². The molecule has 0 aliphatic rings. The number of nitrogens with zero attached hydrogens (tertiary/aromatic N) is 3. The molecule has 0 aliphatic carbocycles. The maximum Gasteiger partial charge on any atom is 0.337 e. The molecule has 0 aromatic carbocycles. The molecule has 2 heterocycles. The summed E-state index contributed by atoms with van der Waals surface area (Å²) < 4.78 is 0. The summed E-state index contributed by atoms with van der Waals surface area (Å²) in [7, 11) is 0. The van der Waals surface area contributed by atoms with Crippen LogP contribution in [0.3, 0.4) is 0 Å². The van der Waals surface area contributed by atoms with Gasteiger partial charge in [0.05, 0.1) is 23.1 Å². The van der Waals surface area contributed by atoms with E-state index in [1.807, 2.05) is 0 Å². The summed E-state index contributed by atoms with van der Waals surface area (Å²) in [5, 5.41) is 23.0. The second-order valence-corrected chi connectivity index (χ2v) is 3.02. The van der Waals surface area contributed by atoms with Crippen LogP contribution in [-0.4, -0.2) is 31.5 Å². The van der Waals surface area contributed by atoms with Crippen molar-refractivity contribution in [3.05, 3.63) is 29.7 Å². The summed E-state index contributed by atoms with van der Waals surface area (Å²) in [5.41, 5.74) is 1.76. The molecule has 0 radical (unpaired) electrons. The first-order valence-corrected chi connectivity index (χ1v) is 4.25. The minimum Gasteiger partial charge on any atom is -0.478 e. The van der Waals surface area contributed by atoms with Gasteiger partial charge >= 0.3 is 5.97 Å². The van der Waals surface area contributed by atoms with E-state index in [0.717, 1.165) is 0 Å². The molecule has 2 N–H and O–H groups in total. The molecule has 0 saturated heterocycles. The van der Waals surface area contributed by atoms with Crippen LogP contribution in [-0.2, 0) is 0 Å². The van der Waals surface area contributed by atoms with Crippen molar-refractivity contribution in [2.45, 2.75) is 6.92 Å². The molecule has 0 saturated carbocycles. The summed E-state index contributed by atoms with van der Waals surface area (Å²) in [6, 6.07) is 1.48. The maximum atomic E-state index is 10.9. The van der Waals surface area contributed by atoms with Gasteiger partial charge in [-0.05, 0) is 13.0 Å². The van der Waals surface area contributed by atoms with E-state index >= 15 is 0 Å². The molecule has 15 heavy (non-hydrogen) atoms. The van der Waals surface area contributed by atoms with Crippen molar-refractivity contribution >= 4 is 5.97 Å². The Balaban J connectivity index is 2.52. The van der Waals surface area contributed by atoms with Crippen molar-refractivity contribution in [3.8, 4) is 11.3 Å². The Morgan fingerprint density at radius 2 is 2.27 bits per heavy atom. The van der Waals surface area contributed by atoms with Crippen LogP contribution >= 0.6 is 0 Å². The second kappa shape index (κ2) is 3.49. The molecule has 2 aromatic rings. The van der Waals surface area contributed by atoms with Crippen LogP contribution in [0.1, 0.15) is 16.1 Å². The zero-order chi connectivity index (χ0) is 10.8. The Hall–Kier alpha value is -2.24.